The Labute approximate surface area is 175 Å². The summed E-state index contributed by atoms with van der Waals surface area (Å²) < 4.78 is 6.98. The first-order valence-electron chi connectivity index (χ1n) is 9.64. The van der Waals surface area contributed by atoms with Gasteiger partial charge in [-0.3, -0.25) is 4.79 Å². The van der Waals surface area contributed by atoms with Crippen molar-refractivity contribution in [3.8, 4) is 0 Å². The Morgan fingerprint density at radius 2 is 2.17 bits per heavy atom. The minimum absolute atomic E-state index is 0.160. The second kappa shape index (κ2) is 8.23. The molecule has 1 fully saturated rings. The molecule has 9 nitrogen and oxygen atoms in total. The third-order valence-corrected chi connectivity index (χ3v) is 7.30. The van der Waals surface area contributed by atoms with Crippen molar-refractivity contribution in [3.05, 3.63) is 26.6 Å². The minimum Gasteiger partial charge on any atom is -0.462 e. The third-order valence-electron chi connectivity index (χ3n) is 5.08. The molecule has 11 heteroatoms. The highest BCUT2D eigenvalue weighted by Crippen LogP contribution is 2.37. The van der Waals surface area contributed by atoms with Crippen molar-refractivity contribution in [1.29, 1.82) is 0 Å². The van der Waals surface area contributed by atoms with E-state index < -0.39 is 5.97 Å². The van der Waals surface area contributed by atoms with Crippen molar-refractivity contribution in [2.24, 2.45) is 0 Å². The van der Waals surface area contributed by atoms with Gasteiger partial charge in [0.25, 0.3) is 5.56 Å². The monoisotopic (exact) mass is 434 g/mol. The van der Waals surface area contributed by atoms with Crippen molar-refractivity contribution >= 4 is 39.3 Å². The predicted molar refractivity (Wildman–Crippen MR) is 111 cm³/mol. The number of ether oxygens (including phenoxy) is 1. The molecule has 0 radical (unpaired) electrons. The molecular formula is C18H22N6O3S2. The van der Waals surface area contributed by atoms with E-state index >= 15 is 0 Å². The quantitative estimate of drug-likeness (QED) is 0.463. The minimum atomic E-state index is -0.424. The van der Waals surface area contributed by atoms with Crippen LogP contribution in [0.25, 0.3) is 10.2 Å². The summed E-state index contributed by atoms with van der Waals surface area (Å²) in [7, 11) is 0. The fourth-order valence-electron chi connectivity index (χ4n) is 3.60. The van der Waals surface area contributed by atoms with E-state index in [2.05, 4.69) is 25.5 Å². The number of carbonyl (C=O) groups excluding carboxylic acids is 1. The fourth-order valence-corrected chi connectivity index (χ4v) is 5.60. The average molecular weight is 435 g/mol. The molecule has 0 spiro atoms. The van der Waals surface area contributed by atoms with Gasteiger partial charge in [-0.2, -0.15) is 0 Å². The molecule has 1 N–H and O–H groups in total. The number of rotatable bonds is 6. The van der Waals surface area contributed by atoms with Crippen LogP contribution in [-0.2, 0) is 4.74 Å². The molecule has 1 unspecified atom stereocenters. The van der Waals surface area contributed by atoms with Gasteiger partial charge in [0.05, 0.1) is 23.3 Å². The van der Waals surface area contributed by atoms with Gasteiger partial charge in [-0.05, 0) is 49.6 Å². The van der Waals surface area contributed by atoms with Crippen LogP contribution >= 0.6 is 23.1 Å². The molecule has 3 aromatic heterocycles. The Bertz CT molecular complexity index is 1100. The molecule has 154 valence electrons. The van der Waals surface area contributed by atoms with Crippen LogP contribution in [0.1, 0.15) is 71.9 Å². The number of esters is 1. The maximum atomic E-state index is 12.7. The molecule has 3 aromatic rings. The standard InChI is InChI=1S/C18H22N6O3S2/c1-4-27-17(26)13-9(2)12-15(25)19-14(20-16(12)29-13)10(3)28-18-21-22-23-24(18)11-7-5-6-8-11/h10-11H,4-8H2,1-3H3,(H,19,20,25). The van der Waals surface area contributed by atoms with Gasteiger partial charge in [0, 0.05) is 0 Å². The number of nitrogens with one attached hydrogen (secondary N) is 1. The van der Waals surface area contributed by atoms with Crippen LogP contribution in [0.5, 0.6) is 0 Å². The maximum Gasteiger partial charge on any atom is 0.348 e. The molecular weight excluding hydrogens is 412 g/mol. The van der Waals surface area contributed by atoms with Crippen LogP contribution in [-0.4, -0.2) is 42.8 Å². The van der Waals surface area contributed by atoms with Crippen LogP contribution < -0.4 is 5.56 Å². The summed E-state index contributed by atoms with van der Waals surface area (Å²) in [6.45, 7) is 5.73. The second-order valence-electron chi connectivity index (χ2n) is 7.01. The van der Waals surface area contributed by atoms with Crippen molar-refractivity contribution in [1.82, 2.24) is 30.2 Å². The maximum absolute atomic E-state index is 12.7. The van der Waals surface area contributed by atoms with Crippen LogP contribution in [0.3, 0.4) is 0 Å². The van der Waals surface area contributed by atoms with Crippen LogP contribution in [0, 0.1) is 6.92 Å². The molecule has 1 aliphatic rings. The lowest BCUT2D eigenvalue weighted by Gasteiger charge is -2.13. The van der Waals surface area contributed by atoms with Crippen LogP contribution in [0.2, 0.25) is 0 Å². The van der Waals surface area contributed by atoms with Crippen LogP contribution in [0.15, 0.2) is 9.95 Å². The highest BCUT2D eigenvalue weighted by Gasteiger charge is 2.25. The Morgan fingerprint density at radius 1 is 1.41 bits per heavy atom. The van der Waals surface area contributed by atoms with Crippen molar-refractivity contribution in [2.45, 2.75) is 62.9 Å². The van der Waals surface area contributed by atoms with Gasteiger partial charge in [-0.25, -0.2) is 14.5 Å². The number of fused-ring (bicyclic) bond motifs is 1. The van der Waals surface area contributed by atoms with Gasteiger partial charge >= 0.3 is 5.97 Å². The molecule has 1 aliphatic carbocycles. The number of hydrogen-bond acceptors (Lipinski definition) is 9. The summed E-state index contributed by atoms with van der Waals surface area (Å²) >= 11 is 2.66. The van der Waals surface area contributed by atoms with E-state index in [1.807, 2.05) is 11.6 Å². The molecule has 0 aliphatic heterocycles. The smallest absolute Gasteiger partial charge is 0.348 e. The lowest BCUT2D eigenvalue weighted by atomic mass is 10.2. The number of aromatic nitrogens is 6. The molecule has 0 aromatic carbocycles. The average Bonchev–Trinajstić information content (AvgIpc) is 3.41. The number of thioether (sulfide) groups is 1. The van der Waals surface area contributed by atoms with Crippen molar-refractivity contribution in [3.63, 3.8) is 0 Å². The highest BCUT2D eigenvalue weighted by atomic mass is 32.2. The first kappa shape index (κ1) is 20.0. The van der Waals surface area contributed by atoms with Gasteiger partial charge < -0.3 is 9.72 Å². The second-order valence-corrected chi connectivity index (χ2v) is 9.32. The van der Waals surface area contributed by atoms with E-state index in [-0.39, 0.29) is 17.4 Å². The van der Waals surface area contributed by atoms with E-state index in [4.69, 9.17) is 4.74 Å². The molecule has 29 heavy (non-hydrogen) atoms. The lowest BCUT2D eigenvalue weighted by molar-refractivity contribution is 0.0531. The van der Waals surface area contributed by atoms with Gasteiger partial charge in [0.2, 0.25) is 5.16 Å². The number of aromatic amines is 1. The normalized spacial score (nSPS) is 15.8. The third kappa shape index (κ3) is 3.80. The number of thiophene rings is 1. The first-order valence-corrected chi connectivity index (χ1v) is 11.3. The lowest BCUT2D eigenvalue weighted by Crippen LogP contribution is -2.13. The summed E-state index contributed by atoms with van der Waals surface area (Å²) in [6, 6.07) is 0.335. The Balaban J connectivity index is 1.63. The molecule has 1 saturated carbocycles. The van der Waals surface area contributed by atoms with E-state index in [1.54, 1.807) is 13.8 Å². The molecule has 1 atom stereocenters. The highest BCUT2D eigenvalue weighted by molar-refractivity contribution is 7.99. The summed E-state index contributed by atoms with van der Waals surface area (Å²) in [6.07, 6.45) is 4.55. The zero-order valence-corrected chi connectivity index (χ0v) is 18.1. The summed E-state index contributed by atoms with van der Waals surface area (Å²) in [5.74, 6) is 0.109. The molecule has 4 rings (SSSR count). The number of hydrogen-bond donors (Lipinski definition) is 1. The first-order chi connectivity index (χ1) is 14.0. The molecule has 3 heterocycles. The fraction of sp³-hybridized carbons (Fsp3) is 0.556. The number of carbonyl (C=O) groups is 1. The summed E-state index contributed by atoms with van der Waals surface area (Å²) in [5, 5.41) is 13.2. The van der Waals surface area contributed by atoms with Crippen LogP contribution in [0.4, 0.5) is 0 Å². The molecule has 0 amide bonds. The van der Waals surface area contributed by atoms with E-state index in [0.29, 0.717) is 32.5 Å². The topological polar surface area (TPSA) is 116 Å². The summed E-state index contributed by atoms with van der Waals surface area (Å²) in [4.78, 5) is 33.3. The number of tetrazole rings is 1. The molecule has 0 saturated heterocycles. The van der Waals surface area contributed by atoms with Crippen molar-refractivity contribution < 1.29 is 9.53 Å². The van der Waals surface area contributed by atoms with E-state index in [0.717, 1.165) is 18.0 Å². The number of H-pyrrole nitrogens is 1. The van der Waals surface area contributed by atoms with E-state index in [1.165, 1.54) is 35.9 Å². The largest absolute Gasteiger partial charge is 0.462 e. The zero-order chi connectivity index (χ0) is 20.5. The van der Waals surface area contributed by atoms with Gasteiger partial charge in [-0.1, -0.05) is 24.6 Å². The number of aryl methyl sites for hydroxylation is 1. The SMILES string of the molecule is CCOC(=O)c1sc2nc(C(C)Sc3nnnn3C3CCCC3)[nH]c(=O)c2c1C. The Hall–Kier alpha value is -2.27. The number of nitrogens with zero attached hydrogens (tertiary/aromatic N) is 5. The Kier molecular flexibility index (Phi) is 5.68. The van der Waals surface area contributed by atoms with Crippen molar-refractivity contribution in [2.75, 3.05) is 6.61 Å². The molecule has 0 bridgehead atoms. The van der Waals surface area contributed by atoms with Gasteiger partial charge in [0.1, 0.15) is 15.5 Å². The zero-order valence-electron chi connectivity index (χ0n) is 16.5. The predicted octanol–water partition coefficient (Wildman–Crippen LogP) is 3.42. The Morgan fingerprint density at radius 3 is 2.90 bits per heavy atom. The van der Waals surface area contributed by atoms with Gasteiger partial charge in [0.15, 0.2) is 0 Å². The summed E-state index contributed by atoms with van der Waals surface area (Å²) in [5.41, 5.74) is 0.353. The van der Waals surface area contributed by atoms with Gasteiger partial charge in [-0.15, -0.1) is 16.4 Å². The van der Waals surface area contributed by atoms with E-state index in [9.17, 15) is 9.59 Å².